The van der Waals surface area contributed by atoms with Gasteiger partial charge in [0.15, 0.2) is 6.10 Å². The van der Waals surface area contributed by atoms with Crippen molar-refractivity contribution in [2.24, 2.45) is 0 Å². The number of ether oxygens (including phenoxy) is 1. The highest BCUT2D eigenvalue weighted by Crippen LogP contribution is 2.25. The number of hydrogen-bond acceptors (Lipinski definition) is 4. The Bertz CT molecular complexity index is 1100. The number of para-hydroxylation sites is 1. The van der Waals surface area contributed by atoms with Gasteiger partial charge in [-0.15, -0.1) is 0 Å². The maximum Gasteiger partial charge on any atom is 0.339 e. The molecule has 2 aromatic carbocycles. The van der Waals surface area contributed by atoms with Gasteiger partial charge in [-0.1, -0.05) is 37.3 Å². The molecule has 6 heteroatoms. The van der Waals surface area contributed by atoms with Crippen LogP contribution in [0.25, 0.3) is 10.9 Å². The first-order valence-electron chi connectivity index (χ1n) is 9.90. The second-order valence-corrected chi connectivity index (χ2v) is 7.30. The Labute approximate surface area is 175 Å². The predicted molar refractivity (Wildman–Crippen MR) is 114 cm³/mol. The lowest BCUT2D eigenvalue weighted by molar-refractivity contribution is -0.139. The number of benzene rings is 2. The second kappa shape index (κ2) is 9.03. The molecule has 0 N–H and O–H groups in total. The molecular weight excluding hydrogens is 383 g/mol. The van der Waals surface area contributed by atoms with Crippen molar-refractivity contribution in [3.63, 3.8) is 0 Å². The van der Waals surface area contributed by atoms with E-state index in [0.717, 1.165) is 11.3 Å². The average Bonchev–Trinajstić information content (AvgIpc) is 2.72. The van der Waals surface area contributed by atoms with E-state index in [-0.39, 0.29) is 18.3 Å². The van der Waals surface area contributed by atoms with Gasteiger partial charge in [0.2, 0.25) is 0 Å². The Hall–Kier alpha value is -3.28. The zero-order chi connectivity index (χ0) is 21.8. The van der Waals surface area contributed by atoms with Gasteiger partial charge in [-0.05, 0) is 49.6 Å². The number of halogens is 1. The molecule has 5 nitrogen and oxygen atoms in total. The summed E-state index contributed by atoms with van der Waals surface area (Å²) in [6.07, 6.45) is -0.297. The molecule has 1 aromatic heterocycles. The van der Waals surface area contributed by atoms with Gasteiger partial charge in [-0.3, -0.25) is 9.78 Å². The highest BCUT2D eigenvalue weighted by molar-refractivity contribution is 6.05. The van der Waals surface area contributed by atoms with Gasteiger partial charge in [0.05, 0.1) is 11.1 Å². The standard InChI is InChI=1S/C24H25FN2O3/c1-5-20-15(2)22(19-11-6-7-12-21(19)26-20)24(29)30-16(3)23(28)27(4)14-17-9-8-10-18(25)13-17/h6-13,16H,5,14H2,1-4H3/t16-/m0/s1. The average molecular weight is 408 g/mol. The van der Waals surface area contributed by atoms with Crippen LogP contribution in [-0.2, 0) is 22.5 Å². The summed E-state index contributed by atoms with van der Waals surface area (Å²) in [5, 5.41) is 0.699. The van der Waals surface area contributed by atoms with Gasteiger partial charge in [-0.25, -0.2) is 9.18 Å². The lowest BCUT2D eigenvalue weighted by Crippen LogP contribution is -2.37. The van der Waals surface area contributed by atoms with E-state index in [1.807, 2.05) is 38.1 Å². The smallest absolute Gasteiger partial charge is 0.339 e. The van der Waals surface area contributed by atoms with E-state index < -0.39 is 12.1 Å². The van der Waals surface area contributed by atoms with Crippen LogP contribution in [0.2, 0.25) is 0 Å². The Morgan fingerprint density at radius 1 is 1.17 bits per heavy atom. The lowest BCUT2D eigenvalue weighted by atomic mass is 10.0. The van der Waals surface area contributed by atoms with Crippen molar-refractivity contribution >= 4 is 22.8 Å². The number of fused-ring (bicyclic) bond motifs is 1. The van der Waals surface area contributed by atoms with E-state index in [9.17, 15) is 14.0 Å². The third-order valence-electron chi connectivity index (χ3n) is 5.09. The summed E-state index contributed by atoms with van der Waals surface area (Å²) in [4.78, 5) is 31.8. The van der Waals surface area contributed by atoms with Gasteiger partial charge < -0.3 is 9.64 Å². The molecule has 0 aliphatic carbocycles. The first-order valence-corrected chi connectivity index (χ1v) is 9.90. The number of aromatic nitrogens is 1. The topological polar surface area (TPSA) is 59.5 Å². The Morgan fingerprint density at radius 3 is 2.60 bits per heavy atom. The van der Waals surface area contributed by atoms with E-state index >= 15 is 0 Å². The van der Waals surface area contributed by atoms with Crippen LogP contribution in [0, 0.1) is 12.7 Å². The van der Waals surface area contributed by atoms with Crippen LogP contribution in [0.15, 0.2) is 48.5 Å². The quantitative estimate of drug-likeness (QED) is 0.566. The molecule has 0 unspecified atom stereocenters. The molecule has 0 saturated carbocycles. The number of rotatable bonds is 6. The fourth-order valence-corrected chi connectivity index (χ4v) is 3.53. The molecule has 0 saturated heterocycles. The first kappa shape index (κ1) is 21.4. The molecule has 3 rings (SSSR count). The Morgan fingerprint density at radius 2 is 1.90 bits per heavy atom. The summed E-state index contributed by atoms with van der Waals surface area (Å²) in [7, 11) is 1.60. The maximum atomic E-state index is 13.4. The largest absolute Gasteiger partial charge is 0.449 e. The number of esters is 1. The molecule has 0 spiro atoms. The minimum atomic E-state index is -0.979. The van der Waals surface area contributed by atoms with Crippen molar-refractivity contribution in [3.8, 4) is 0 Å². The van der Waals surface area contributed by atoms with Crippen LogP contribution in [0.5, 0.6) is 0 Å². The maximum absolute atomic E-state index is 13.4. The molecule has 156 valence electrons. The molecule has 0 bridgehead atoms. The molecule has 0 aliphatic rings. The molecule has 0 radical (unpaired) electrons. The molecule has 1 amide bonds. The number of aryl methyl sites for hydroxylation is 1. The second-order valence-electron chi connectivity index (χ2n) is 7.30. The fraction of sp³-hybridized carbons (Fsp3) is 0.292. The predicted octanol–water partition coefficient (Wildman–Crippen LogP) is 4.45. The summed E-state index contributed by atoms with van der Waals surface area (Å²) >= 11 is 0. The van der Waals surface area contributed by atoms with Crippen LogP contribution < -0.4 is 0 Å². The van der Waals surface area contributed by atoms with Crippen LogP contribution in [0.1, 0.15) is 41.0 Å². The van der Waals surface area contributed by atoms with Gasteiger partial charge in [-0.2, -0.15) is 0 Å². The van der Waals surface area contributed by atoms with Crippen molar-refractivity contribution in [1.29, 1.82) is 0 Å². The number of amides is 1. The molecule has 1 atom stereocenters. The number of hydrogen-bond donors (Lipinski definition) is 0. The minimum Gasteiger partial charge on any atom is -0.449 e. The fourth-order valence-electron chi connectivity index (χ4n) is 3.53. The zero-order valence-corrected chi connectivity index (χ0v) is 17.6. The molecular formula is C24H25FN2O3. The Balaban J connectivity index is 1.80. The van der Waals surface area contributed by atoms with E-state index in [4.69, 9.17) is 4.74 Å². The first-order chi connectivity index (χ1) is 14.3. The highest BCUT2D eigenvalue weighted by Gasteiger charge is 2.25. The Kier molecular flexibility index (Phi) is 6.45. The molecule has 3 aromatic rings. The number of nitrogens with zero attached hydrogens (tertiary/aromatic N) is 2. The number of carbonyl (C=O) groups is 2. The van der Waals surface area contributed by atoms with Crippen LogP contribution in [-0.4, -0.2) is 34.9 Å². The molecule has 30 heavy (non-hydrogen) atoms. The third kappa shape index (κ3) is 4.48. The van der Waals surface area contributed by atoms with Crippen LogP contribution in [0.4, 0.5) is 4.39 Å². The van der Waals surface area contributed by atoms with E-state index in [1.54, 1.807) is 26.1 Å². The molecule has 0 fully saturated rings. The highest BCUT2D eigenvalue weighted by atomic mass is 19.1. The van der Waals surface area contributed by atoms with E-state index in [1.165, 1.54) is 17.0 Å². The summed E-state index contributed by atoms with van der Waals surface area (Å²) in [6, 6.07) is 13.4. The normalized spacial score (nSPS) is 11.9. The van der Waals surface area contributed by atoms with Gasteiger partial charge in [0.25, 0.3) is 5.91 Å². The third-order valence-corrected chi connectivity index (χ3v) is 5.09. The zero-order valence-electron chi connectivity index (χ0n) is 17.6. The van der Waals surface area contributed by atoms with Gasteiger partial charge >= 0.3 is 5.97 Å². The van der Waals surface area contributed by atoms with Crippen molar-refractivity contribution in [2.45, 2.75) is 39.8 Å². The SMILES string of the molecule is CCc1nc2ccccc2c(C(=O)O[C@@H](C)C(=O)N(C)Cc2cccc(F)c2)c1C. The minimum absolute atomic E-state index is 0.218. The van der Waals surface area contributed by atoms with Crippen LogP contribution in [0.3, 0.4) is 0 Å². The summed E-state index contributed by atoms with van der Waals surface area (Å²) < 4.78 is 18.9. The summed E-state index contributed by atoms with van der Waals surface area (Å²) in [5.41, 5.74) is 3.39. The summed E-state index contributed by atoms with van der Waals surface area (Å²) in [6.45, 7) is 5.58. The number of carbonyl (C=O) groups excluding carboxylic acids is 2. The summed E-state index contributed by atoms with van der Waals surface area (Å²) in [5.74, 6) is -1.28. The van der Waals surface area contributed by atoms with E-state index in [0.29, 0.717) is 28.5 Å². The van der Waals surface area contributed by atoms with Gasteiger partial charge in [0, 0.05) is 24.7 Å². The van der Waals surface area contributed by atoms with Crippen molar-refractivity contribution in [1.82, 2.24) is 9.88 Å². The number of pyridine rings is 1. The lowest BCUT2D eigenvalue weighted by Gasteiger charge is -2.22. The van der Waals surface area contributed by atoms with Crippen molar-refractivity contribution < 1.29 is 18.7 Å². The number of likely N-dealkylation sites (N-methyl/N-ethyl adjacent to an activating group) is 1. The molecule has 1 heterocycles. The van der Waals surface area contributed by atoms with E-state index in [2.05, 4.69) is 4.98 Å². The van der Waals surface area contributed by atoms with Crippen LogP contribution >= 0.6 is 0 Å². The van der Waals surface area contributed by atoms with Crippen molar-refractivity contribution in [2.75, 3.05) is 7.05 Å². The molecule has 0 aliphatic heterocycles. The van der Waals surface area contributed by atoms with Gasteiger partial charge in [0.1, 0.15) is 5.82 Å². The monoisotopic (exact) mass is 408 g/mol. The van der Waals surface area contributed by atoms with Crippen molar-refractivity contribution in [3.05, 3.63) is 76.7 Å².